The Morgan fingerprint density at radius 3 is 2.68 bits per heavy atom. The number of benzene rings is 1. The largest absolute Gasteiger partial charge is 0.463 e. The topological polar surface area (TPSA) is 35.5 Å². The fourth-order valence-electron chi connectivity index (χ4n) is 1.94. The monoisotopic (exact) mass is 300 g/mol. The molecule has 0 amide bonds. The lowest BCUT2D eigenvalue weighted by atomic mass is 10.3. The normalized spacial score (nSPS) is 15.9. The van der Waals surface area contributed by atoms with E-state index in [1.165, 1.54) is 12.3 Å². The van der Waals surface area contributed by atoms with Crippen LogP contribution in [-0.4, -0.2) is 12.1 Å². The molecule has 0 saturated heterocycles. The second-order valence-electron chi connectivity index (χ2n) is 4.34. The first-order valence-corrected chi connectivity index (χ1v) is 6.89. The van der Waals surface area contributed by atoms with Gasteiger partial charge < -0.3 is 9.47 Å². The lowest BCUT2D eigenvalue weighted by molar-refractivity contribution is -0.142. The standard InChI is InChI=1S/C14H14Cl2O3/c15-10-5-6-13(12(16)9-10)18-8-7-14(17)19-11-3-1-2-4-11/h5-9,11H,1-4H2/b8-7+. The number of carbonyl (C=O) groups excluding carboxylic acids is 1. The average molecular weight is 301 g/mol. The number of hydrogen-bond acceptors (Lipinski definition) is 3. The Labute approximate surface area is 122 Å². The predicted octanol–water partition coefficient (Wildman–Crippen LogP) is 4.37. The molecule has 1 aliphatic rings. The Kier molecular flexibility index (Phi) is 5.11. The molecule has 1 saturated carbocycles. The summed E-state index contributed by atoms with van der Waals surface area (Å²) in [6.45, 7) is 0. The zero-order valence-corrected chi connectivity index (χ0v) is 11.8. The molecular formula is C14H14Cl2O3. The van der Waals surface area contributed by atoms with Gasteiger partial charge in [-0.1, -0.05) is 23.2 Å². The summed E-state index contributed by atoms with van der Waals surface area (Å²) in [7, 11) is 0. The highest BCUT2D eigenvalue weighted by Crippen LogP contribution is 2.27. The molecule has 102 valence electrons. The number of ether oxygens (including phenoxy) is 2. The predicted molar refractivity (Wildman–Crippen MR) is 74.6 cm³/mol. The number of rotatable bonds is 4. The lowest BCUT2D eigenvalue weighted by Gasteiger charge is -2.08. The van der Waals surface area contributed by atoms with E-state index in [4.69, 9.17) is 32.7 Å². The van der Waals surface area contributed by atoms with Crippen LogP contribution >= 0.6 is 23.2 Å². The van der Waals surface area contributed by atoms with E-state index >= 15 is 0 Å². The van der Waals surface area contributed by atoms with Gasteiger partial charge in [0.15, 0.2) is 0 Å². The summed E-state index contributed by atoms with van der Waals surface area (Å²) < 4.78 is 10.5. The van der Waals surface area contributed by atoms with E-state index in [2.05, 4.69) is 0 Å². The summed E-state index contributed by atoms with van der Waals surface area (Å²) in [6.07, 6.45) is 6.72. The Balaban J connectivity index is 1.83. The summed E-state index contributed by atoms with van der Waals surface area (Å²) in [4.78, 5) is 11.5. The smallest absolute Gasteiger partial charge is 0.334 e. The lowest BCUT2D eigenvalue weighted by Crippen LogP contribution is -2.12. The van der Waals surface area contributed by atoms with Crippen LogP contribution in [0.4, 0.5) is 0 Å². The van der Waals surface area contributed by atoms with Crippen LogP contribution < -0.4 is 4.74 Å². The van der Waals surface area contributed by atoms with Gasteiger partial charge in [-0.15, -0.1) is 0 Å². The van der Waals surface area contributed by atoms with Crippen LogP contribution in [0.15, 0.2) is 30.5 Å². The first-order chi connectivity index (χ1) is 9.15. The molecule has 0 atom stereocenters. The molecule has 1 aromatic rings. The fraction of sp³-hybridized carbons (Fsp3) is 0.357. The van der Waals surface area contributed by atoms with Crippen LogP contribution in [0.25, 0.3) is 0 Å². The van der Waals surface area contributed by atoms with E-state index in [1.807, 2.05) is 0 Å². The van der Waals surface area contributed by atoms with E-state index in [-0.39, 0.29) is 6.10 Å². The van der Waals surface area contributed by atoms with Crippen LogP contribution in [0, 0.1) is 0 Å². The maximum atomic E-state index is 11.5. The molecule has 0 aliphatic heterocycles. The molecule has 1 aromatic carbocycles. The molecule has 0 spiro atoms. The minimum absolute atomic E-state index is 0.0521. The van der Waals surface area contributed by atoms with Crippen molar-refractivity contribution in [1.29, 1.82) is 0 Å². The molecule has 5 heteroatoms. The molecule has 3 nitrogen and oxygen atoms in total. The summed E-state index contributed by atoms with van der Waals surface area (Å²) in [5.41, 5.74) is 0. The van der Waals surface area contributed by atoms with Gasteiger partial charge >= 0.3 is 5.97 Å². The molecule has 1 fully saturated rings. The molecule has 1 aliphatic carbocycles. The van der Waals surface area contributed by atoms with Crippen molar-refractivity contribution < 1.29 is 14.3 Å². The Bertz CT molecular complexity index is 480. The first-order valence-electron chi connectivity index (χ1n) is 6.14. The summed E-state index contributed by atoms with van der Waals surface area (Å²) in [5, 5.41) is 0.920. The van der Waals surface area contributed by atoms with E-state index in [0.29, 0.717) is 15.8 Å². The van der Waals surface area contributed by atoms with Crippen molar-refractivity contribution >= 4 is 29.2 Å². The maximum absolute atomic E-state index is 11.5. The van der Waals surface area contributed by atoms with Crippen molar-refractivity contribution in [3.05, 3.63) is 40.6 Å². The van der Waals surface area contributed by atoms with Gasteiger partial charge in [0, 0.05) is 5.02 Å². The molecular weight excluding hydrogens is 287 g/mol. The molecule has 0 heterocycles. The van der Waals surface area contributed by atoms with Crippen LogP contribution in [0.1, 0.15) is 25.7 Å². The van der Waals surface area contributed by atoms with Gasteiger partial charge in [0.2, 0.25) is 0 Å². The van der Waals surface area contributed by atoms with Crippen molar-refractivity contribution in [1.82, 2.24) is 0 Å². The zero-order valence-electron chi connectivity index (χ0n) is 10.3. The third-order valence-electron chi connectivity index (χ3n) is 2.88. The van der Waals surface area contributed by atoms with E-state index in [0.717, 1.165) is 25.7 Å². The van der Waals surface area contributed by atoms with Crippen molar-refractivity contribution in [2.75, 3.05) is 0 Å². The highest BCUT2D eigenvalue weighted by atomic mass is 35.5. The van der Waals surface area contributed by atoms with Gasteiger partial charge in [-0.25, -0.2) is 4.79 Å². The third-order valence-corrected chi connectivity index (χ3v) is 3.41. The second kappa shape index (κ2) is 6.83. The number of esters is 1. The number of hydrogen-bond donors (Lipinski definition) is 0. The van der Waals surface area contributed by atoms with Crippen LogP contribution in [-0.2, 0) is 9.53 Å². The SMILES string of the molecule is O=C(/C=C/Oc1ccc(Cl)cc1Cl)OC1CCCC1. The molecule has 0 bridgehead atoms. The Morgan fingerprint density at radius 1 is 1.26 bits per heavy atom. The van der Waals surface area contributed by atoms with Gasteiger partial charge in [-0.3, -0.25) is 0 Å². The highest BCUT2D eigenvalue weighted by Gasteiger charge is 2.17. The molecule has 0 aromatic heterocycles. The summed E-state index contributed by atoms with van der Waals surface area (Å²) in [5.74, 6) is 0.0490. The quantitative estimate of drug-likeness (QED) is 0.470. The third kappa shape index (κ3) is 4.44. The average Bonchev–Trinajstić information content (AvgIpc) is 2.84. The van der Waals surface area contributed by atoms with Crippen LogP contribution in [0.5, 0.6) is 5.75 Å². The first kappa shape index (κ1) is 14.2. The highest BCUT2D eigenvalue weighted by molar-refractivity contribution is 6.35. The zero-order chi connectivity index (χ0) is 13.7. The van der Waals surface area contributed by atoms with E-state index < -0.39 is 5.97 Å². The second-order valence-corrected chi connectivity index (χ2v) is 5.18. The van der Waals surface area contributed by atoms with Gasteiger partial charge in [0.05, 0.1) is 17.4 Å². The van der Waals surface area contributed by atoms with Crippen molar-refractivity contribution in [3.63, 3.8) is 0 Å². The van der Waals surface area contributed by atoms with Gasteiger partial charge in [0.25, 0.3) is 0 Å². The Morgan fingerprint density at radius 2 is 2.00 bits per heavy atom. The Hall–Kier alpha value is -1.19. The van der Waals surface area contributed by atoms with Crippen molar-refractivity contribution in [3.8, 4) is 5.75 Å². The number of halogens is 2. The molecule has 0 radical (unpaired) electrons. The molecule has 0 unspecified atom stereocenters. The molecule has 0 N–H and O–H groups in total. The maximum Gasteiger partial charge on any atom is 0.334 e. The molecule has 2 rings (SSSR count). The summed E-state index contributed by atoms with van der Waals surface area (Å²) in [6, 6.07) is 4.87. The summed E-state index contributed by atoms with van der Waals surface area (Å²) >= 11 is 11.7. The minimum Gasteiger partial charge on any atom is -0.463 e. The van der Waals surface area contributed by atoms with Crippen molar-refractivity contribution in [2.45, 2.75) is 31.8 Å². The van der Waals surface area contributed by atoms with Gasteiger partial charge in [-0.05, 0) is 43.9 Å². The van der Waals surface area contributed by atoms with Crippen molar-refractivity contribution in [2.24, 2.45) is 0 Å². The van der Waals surface area contributed by atoms with Crippen LogP contribution in [0.3, 0.4) is 0 Å². The molecule has 19 heavy (non-hydrogen) atoms. The van der Waals surface area contributed by atoms with Gasteiger partial charge in [-0.2, -0.15) is 0 Å². The minimum atomic E-state index is -0.392. The van der Waals surface area contributed by atoms with E-state index in [1.54, 1.807) is 18.2 Å². The fourth-order valence-corrected chi connectivity index (χ4v) is 2.40. The van der Waals surface area contributed by atoms with Crippen LogP contribution in [0.2, 0.25) is 10.0 Å². The number of carbonyl (C=O) groups is 1. The van der Waals surface area contributed by atoms with E-state index in [9.17, 15) is 4.79 Å². The van der Waals surface area contributed by atoms with Gasteiger partial charge in [0.1, 0.15) is 11.9 Å².